The van der Waals surface area contributed by atoms with Gasteiger partial charge in [0.15, 0.2) is 0 Å². The van der Waals surface area contributed by atoms with Gasteiger partial charge >= 0.3 is 0 Å². The molecule has 1 aromatic heterocycles. The van der Waals surface area contributed by atoms with Crippen LogP contribution in [-0.2, 0) is 6.54 Å². The van der Waals surface area contributed by atoms with Crippen LogP contribution in [-0.4, -0.2) is 18.0 Å². The molecule has 0 N–H and O–H groups in total. The highest BCUT2D eigenvalue weighted by atomic mass is 35.5. The molecule has 3 aromatic rings. The van der Waals surface area contributed by atoms with Crippen molar-refractivity contribution in [1.29, 1.82) is 0 Å². The molecule has 0 amide bonds. The largest absolute Gasteiger partial charge is 0.295 e. The number of fused-ring (bicyclic) bond motifs is 1. The number of rotatable bonds is 3. The van der Waals surface area contributed by atoms with Gasteiger partial charge in [-0.3, -0.25) is 4.90 Å². The van der Waals surface area contributed by atoms with E-state index in [2.05, 4.69) is 71.0 Å². The Morgan fingerprint density at radius 1 is 0.957 bits per heavy atom. The van der Waals surface area contributed by atoms with Crippen LogP contribution < -0.4 is 0 Å². The predicted molar refractivity (Wildman–Crippen MR) is 103 cm³/mol. The number of benzene rings is 2. The maximum Gasteiger partial charge on any atom is 0.0417 e. The average Bonchev–Trinajstić information content (AvgIpc) is 3.05. The van der Waals surface area contributed by atoms with E-state index in [0.29, 0.717) is 0 Å². The molecule has 0 fully saturated rings. The molecule has 0 spiro atoms. The Morgan fingerprint density at radius 2 is 1.83 bits per heavy atom. The second-order valence-electron chi connectivity index (χ2n) is 5.84. The van der Waals surface area contributed by atoms with E-state index in [-0.39, 0.29) is 12.4 Å². The lowest BCUT2D eigenvalue weighted by Gasteiger charge is -2.26. The van der Waals surface area contributed by atoms with Crippen molar-refractivity contribution < 1.29 is 0 Å². The fourth-order valence-electron chi connectivity index (χ4n) is 3.19. The number of nitrogens with zero attached hydrogens (tertiary/aromatic N) is 1. The zero-order valence-corrected chi connectivity index (χ0v) is 14.6. The summed E-state index contributed by atoms with van der Waals surface area (Å²) >= 11 is 1.86. The summed E-state index contributed by atoms with van der Waals surface area (Å²) in [5.41, 5.74) is 4.35. The minimum Gasteiger partial charge on any atom is -0.295 e. The Kier molecular flexibility index (Phi) is 5.16. The molecular formula is C20H20ClNS. The molecule has 1 aliphatic rings. The number of hydrogen-bond acceptors (Lipinski definition) is 2. The lowest BCUT2D eigenvalue weighted by molar-refractivity contribution is 0.294. The zero-order chi connectivity index (χ0) is 14.8. The monoisotopic (exact) mass is 341 g/mol. The molecule has 4 rings (SSSR count). The molecule has 1 nitrogen and oxygen atoms in total. The van der Waals surface area contributed by atoms with Gasteiger partial charge in [0, 0.05) is 24.3 Å². The second kappa shape index (κ2) is 7.31. The van der Waals surface area contributed by atoms with Crippen molar-refractivity contribution in [3.8, 4) is 0 Å². The van der Waals surface area contributed by atoms with E-state index in [1.165, 1.54) is 26.8 Å². The Balaban J connectivity index is 0.00000156. The van der Waals surface area contributed by atoms with Gasteiger partial charge in [0.25, 0.3) is 0 Å². The summed E-state index contributed by atoms with van der Waals surface area (Å²) in [4.78, 5) is 2.52. The third-order valence-corrected chi connectivity index (χ3v) is 5.33. The van der Waals surface area contributed by atoms with Gasteiger partial charge in [0.1, 0.15) is 0 Å². The molecule has 3 heteroatoms. The Bertz CT molecular complexity index is 807. The predicted octanol–water partition coefficient (Wildman–Crippen LogP) is 5.61. The summed E-state index contributed by atoms with van der Waals surface area (Å²) in [6.07, 6.45) is 3.56. The molecule has 0 unspecified atom stereocenters. The van der Waals surface area contributed by atoms with Crippen molar-refractivity contribution in [2.75, 3.05) is 13.1 Å². The number of hydrogen-bond donors (Lipinski definition) is 0. The van der Waals surface area contributed by atoms with Gasteiger partial charge in [-0.1, -0.05) is 54.6 Å². The van der Waals surface area contributed by atoms with E-state index in [4.69, 9.17) is 0 Å². The number of halogens is 1. The average molecular weight is 342 g/mol. The highest BCUT2D eigenvalue weighted by Gasteiger charge is 2.15. The van der Waals surface area contributed by atoms with Gasteiger partial charge in [-0.25, -0.2) is 0 Å². The topological polar surface area (TPSA) is 3.24 Å². The van der Waals surface area contributed by atoms with Crippen LogP contribution in [0.15, 0.2) is 66.1 Å². The molecule has 0 atom stereocenters. The van der Waals surface area contributed by atoms with Crippen LogP contribution in [0.3, 0.4) is 0 Å². The first-order valence-corrected chi connectivity index (χ1v) is 8.70. The lowest BCUT2D eigenvalue weighted by atomic mass is 9.98. The van der Waals surface area contributed by atoms with Gasteiger partial charge < -0.3 is 0 Å². The van der Waals surface area contributed by atoms with Crippen LogP contribution in [0, 0.1) is 0 Å². The molecule has 0 radical (unpaired) electrons. The van der Waals surface area contributed by atoms with Gasteiger partial charge in [0.2, 0.25) is 0 Å². The number of thiophene rings is 1. The maximum atomic E-state index is 2.52. The van der Waals surface area contributed by atoms with Crippen molar-refractivity contribution in [2.45, 2.75) is 13.0 Å². The van der Waals surface area contributed by atoms with Gasteiger partial charge in [-0.15, -0.1) is 23.7 Å². The van der Waals surface area contributed by atoms with Crippen LogP contribution in [0.2, 0.25) is 0 Å². The van der Waals surface area contributed by atoms with E-state index in [1.54, 1.807) is 0 Å². The van der Waals surface area contributed by atoms with E-state index in [9.17, 15) is 0 Å². The summed E-state index contributed by atoms with van der Waals surface area (Å²) in [6, 6.07) is 19.6. The fourth-order valence-corrected chi connectivity index (χ4v) is 4.14. The van der Waals surface area contributed by atoms with Crippen molar-refractivity contribution in [3.63, 3.8) is 0 Å². The Morgan fingerprint density at radius 3 is 2.61 bits per heavy atom. The highest BCUT2D eigenvalue weighted by molar-refractivity contribution is 7.17. The molecule has 0 bridgehead atoms. The SMILES string of the molecule is C1=C(c2cccc3ccsc23)CCN(Cc2ccccc2)C1.Cl. The first-order chi connectivity index (χ1) is 10.9. The molecule has 0 saturated heterocycles. The summed E-state index contributed by atoms with van der Waals surface area (Å²) in [6.45, 7) is 3.24. The summed E-state index contributed by atoms with van der Waals surface area (Å²) < 4.78 is 1.44. The van der Waals surface area contributed by atoms with Crippen molar-refractivity contribution >= 4 is 39.4 Å². The first-order valence-electron chi connectivity index (χ1n) is 7.82. The molecule has 1 aliphatic heterocycles. The van der Waals surface area contributed by atoms with Crippen LogP contribution in [0.5, 0.6) is 0 Å². The molecule has 23 heavy (non-hydrogen) atoms. The maximum absolute atomic E-state index is 2.52. The fraction of sp³-hybridized carbons (Fsp3) is 0.200. The third-order valence-electron chi connectivity index (χ3n) is 4.37. The minimum atomic E-state index is 0. The van der Waals surface area contributed by atoms with Crippen LogP contribution in [0.1, 0.15) is 17.5 Å². The lowest BCUT2D eigenvalue weighted by Crippen LogP contribution is -2.27. The molecule has 118 valence electrons. The molecule has 0 aliphatic carbocycles. The summed E-state index contributed by atoms with van der Waals surface area (Å²) in [5.74, 6) is 0. The summed E-state index contributed by atoms with van der Waals surface area (Å²) in [5, 5.41) is 3.56. The zero-order valence-electron chi connectivity index (χ0n) is 12.9. The molecular weight excluding hydrogens is 322 g/mol. The highest BCUT2D eigenvalue weighted by Crippen LogP contribution is 2.32. The van der Waals surface area contributed by atoms with Crippen LogP contribution in [0.25, 0.3) is 15.7 Å². The smallest absolute Gasteiger partial charge is 0.0417 e. The van der Waals surface area contributed by atoms with Crippen molar-refractivity contribution in [2.24, 2.45) is 0 Å². The van der Waals surface area contributed by atoms with Crippen LogP contribution >= 0.6 is 23.7 Å². The summed E-state index contributed by atoms with van der Waals surface area (Å²) in [7, 11) is 0. The first kappa shape index (κ1) is 16.3. The van der Waals surface area contributed by atoms with Gasteiger partial charge in [-0.2, -0.15) is 0 Å². The normalized spacial score (nSPS) is 15.2. The van der Waals surface area contributed by atoms with Crippen LogP contribution in [0.4, 0.5) is 0 Å². The second-order valence-corrected chi connectivity index (χ2v) is 6.76. The van der Waals surface area contributed by atoms with E-state index in [1.807, 2.05) is 11.3 Å². The van der Waals surface area contributed by atoms with E-state index < -0.39 is 0 Å². The molecule has 0 saturated carbocycles. The Hall–Kier alpha value is -1.61. The molecule has 2 heterocycles. The third kappa shape index (κ3) is 3.50. The quantitative estimate of drug-likeness (QED) is 0.598. The van der Waals surface area contributed by atoms with Crippen molar-refractivity contribution in [1.82, 2.24) is 4.90 Å². The Labute approximate surface area is 147 Å². The van der Waals surface area contributed by atoms with Gasteiger partial charge in [0.05, 0.1) is 0 Å². The van der Waals surface area contributed by atoms with Crippen molar-refractivity contribution in [3.05, 3.63) is 77.2 Å². The molecule has 2 aromatic carbocycles. The van der Waals surface area contributed by atoms with Gasteiger partial charge in [-0.05, 0) is 40.0 Å². The van der Waals surface area contributed by atoms with E-state index in [0.717, 1.165) is 26.1 Å². The standard InChI is InChI=1S/C20H19NS.ClH/c1-2-5-16(6-3-1)15-21-12-9-17(10-13-21)19-8-4-7-18-11-14-22-20(18)19;/h1-9,11,14H,10,12-13,15H2;1H. The van der Waals surface area contributed by atoms with E-state index >= 15 is 0 Å². The minimum absolute atomic E-state index is 0.